The van der Waals surface area contributed by atoms with E-state index in [9.17, 15) is 14.0 Å². The second kappa shape index (κ2) is 7.67. The minimum Gasteiger partial charge on any atom is -0.356 e. The number of nitrogens with one attached hydrogen (secondary N) is 1. The van der Waals surface area contributed by atoms with Gasteiger partial charge >= 0.3 is 0 Å². The minimum absolute atomic E-state index is 0.120. The second-order valence-electron chi connectivity index (χ2n) is 7.48. The fourth-order valence-electron chi connectivity index (χ4n) is 4.29. The molecular weight excluding hydrogens is 419 g/mol. The van der Waals surface area contributed by atoms with Gasteiger partial charge in [-0.2, -0.15) is 5.10 Å². The monoisotopic (exact) mass is 436 g/mol. The molecule has 0 aliphatic carbocycles. The van der Waals surface area contributed by atoms with Gasteiger partial charge in [0.2, 0.25) is 5.91 Å². The first-order valence-corrected chi connectivity index (χ1v) is 10.3. The topological polar surface area (TPSA) is 71.0 Å². The third-order valence-electron chi connectivity index (χ3n) is 5.67. The van der Waals surface area contributed by atoms with Crippen molar-refractivity contribution in [2.24, 2.45) is 0 Å². The van der Waals surface area contributed by atoms with Crippen molar-refractivity contribution in [2.45, 2.75) is 19.0 Å². The molecule has 3 heterocycles. The molecule has 1 aliphatic rings. The predicted molar refractivity (Wildman–Crippen MR) is 115 cm³/mol. The van der Waals surface area contributed by atoms with Gasteiger partial charge < -0.3 is 9.88 Å². The summed E-state index contributed by atoms with van der Waals surface area (Å²) in [5.41, 5.74) is 2.78. The molecule has 1 aliphatic heterocycles. The number of benzene rings is 2. The maximum Gasteiger partial charge on any atom is 0.267 e. The summed E-state index contributed by atoms with van der Waals surface area (Å²) in [6, 6.07) is 16.3. The van der Waals surface area contributed by atoms with Crippen molar-refractivity contribution in [1.29, 1.82) is 0 Å². The molecule has 1 amide bonds. The molecule has 1 atom stereocenters. The molecule has 0 saturated heterocycles. The third-order valence-corrected chi connectivity index (χ3v) is 5.88. The number of halogens is 2. The number of amides is 1. The average Bonchev–Trinajstić information content (AvgIpc) is 3.15. The van der Waals surface area contributed by atoms with E-state index in [4.69, 9.17) is 11.6 Å². The van der Waals surface area contributed by atoms with Crippen LogP contribution < -0.4 is 5.56 Å². The lowest BCUT2D eigenvalue weighted by atomic mass is 9.92. The van der Waals surface area contributed by atoms with Gasteiger partial charge in [-0.15, -0.1) is 0 Å². The van der Waals surface area contributed by atoms with E-state index in [2.05, 4.69) is 10.1 Å². The minimum atomic E-state index is -0.639. The molecule has 0 saturated carbocycles. The summed E-state index contributed by atoms with van der Waals surface area (Å²) in [7, 11) is 0. The largest absolute Gasteiger partial charge is 0.356 e. The van der Waals surface area contributed by atoms with Crippen molar-refractivity contribution >= 4 is 28.4 Å². The summed E-state index contributed by atoms with van der Waals surface area (Å²) in [5.74, 6) is -0.732. The van der Waals surface area contributed by atoms with Crippen molar-refractivity contribution in [3.63, 3.8) is 0 Å². The summed E-state index contributed by atoms with van der Waals surface area (Å²) >= 11 is 5.89. The Kier molecular flexibility index (Phi) is 4.82. The fourth-order valence-corrected chi connectivity index (χ4v) is 4.44. The van der Waals surface area contributed by atoms with Gasteiger partial charge in [-0.05, 0) is 30.2 Å². The lowest BCUT2D eigenvalue weighted by Crippen LogP contribution is -2.44. The lowest BCUT2D eigenvalue weighted by molar-refractivity contribution is -0.134. The van der Waals surface area contributed by atoms with Crippen LogP contribution in [0, 0.1) is 5.82 Å². The number of fused-ring (bicyclic) bond motifs is 3. The van der Waals surface area contributed by atoms with Crippen LogP contribution in [-0.4, -0.2) is 32.1 Å². The zero-order valence-corrected chi connectivity index (χ0v) is 17.1. The Bertz CT molecular complexity index is 1360. The van der Waals surface area contributed by atoms with Crippen molar-refractivity contribution in [1.82, 2.24) is 19.7 Å². The van der Waals surface area contributed by atoms with Crippen LogP contribution in [0.2, 0.25) is 5.15 Å². The Morgan fingerprint density at radius 1 is 1.13 bits per heavy atom. The van der Waals surface area contributed by atoms with E-state index in [1.54, 1.807) is 23.1 Å². The molecule has 6 nitrogen and oxygen atoms in total. The van der Waals surface area contributed by atoms with Crippen LogP contribution in [-0.2, 0) is 17.8 Å². The first-order valence-electron chi connectivity index (χ1n) is 9.90. The highest BCUT2D eigenvalue weighted by Gasteiger charge is 2.36. The predicted octanol–water partition coefficient (Wildman–Crippen LogP) is 3.69. The SMILES string of the molecule is O=C(Cn1nc(Cl)ccc1=O)N1CCc2c([nH]c3ccccc23)C1c1ccccc1F. The smallest absolute Gasteiger partial charge is 0.267 e. The maximum atomic E-state index is 14.9. The zero-order chi connectivity index (χ0) is 21.5. The summed E-state index contributed by atoms with van der Waals surface area (Å²) in [6.07, 6.45) is 0.619. The third kappa shape index (κ3) is 3.41. The summed E-state index contributed by atoms with van der Waals surface area (Å²) in [5, 5.41) is 5.13. The Balaban J connectivity index is 1.61. The van der Waals surface area contributed by atoms with E-state index in [1.807, 2.05) is 24.3 Å². The number of nitrogens with zero attached hydrogens (tertiary/aromatic N) is 3. The lowest BCUT2D eigenvalue weighted by Gasteiger charge is -2.36. The Labute approximate surface area is 181 Å². The van der Waals surface area contributed by atoms with Gasteiger partial charge in [0.15, 0.2) is 0 Å². The van der Waals surface area contributed by atoms with Crippen molar-refractivity contribution in [3.05, 3.63) is 98.8 Å². The average molecular weight is 437 g/mol. The molecule has 1 unspecified atom stereocenters. The molecule has 0 spiro atoms. The zero-order valence-electron chi connectivity index (χ0n) is 16.4. The molecule has 0 radical (unpaired) electrons. The van der Waals surface area contributed by atoms with E-state index in [0.29, 0.717) is 18.5 Å². The number of carbonyl (C=O) groups is 1. The van der Waals surface area contributed by atoms with Crippen LogP contribution in [0.4, 0.5) is 4.39 Å². The van der Waals surface area contributed by atoms with Crippen molar-refractivity contribution in [2.75, 3.05) is 6.54 Å². The number of hydrogen-bond donors (Lipinski definition) is 1. The summed E-state index contributed by atoms with van der Waals surface area (Å²) < 4.78 is 15.9. The van der Waals surface area contributed by atoms with Crippen molar-refractivity contribution in [3.8, 4) is 0 Å². The van der Waals surface area contributed by atoms with Gasteiger partial charge in [0.1, 0.15) is 23.6 Å². The van der Waals surface area contributed by atoms with E-state index < -0.39 is 17.4 Å². The molecule has 5 rings (SSSR count). The van der Waals surface area contributed by atoms with Gasteiger partial charge in [-0.3, -0.25) is 9.59 Å². The number of aromatic nitrogens is 3. The second-order valence-corrected chi connectivity index (χ2v) is 7.86. The Morgan fingerprint density at radius 3 is 2.74 bits per heavy atom. The number of hydrogen-bond acceptors (Lipinski definition) is 3. The molecule has 8 heteroatoms. The number of carbonyl (C=O) groups excluding carboxylic acids is 1. The van der Waals surface area contributed by atoms with E-state index in [1.165, 1.54) is 18.2 Å². The molecule has 0 bridgehead atoms. The van der Waals surface area contributed by atoms with E-state index in [-0.39, 0.29) is 17.6 Å². The fraction of sp³-hybridized carbons (Fsp3) is 0.174. The number of aromatic amines is 1. The van der Waals surface area contributed by atoms with E-state index in [0.717, 1.165) is 26.8 Å². The maximum absolute atomic E-state index is 14.9. The van der Waals surface area contributed by atoms with Crippen molar-refractivity contribution < 1.29 is 9.18 Å². The van der Waals surface area contributed by atoms with Crippen LogP contribution in [0.5, 0.6) is 0 Å². The summed E-state index contributed by atoms with van der Waals surface area (Å²) in [6.45, 7) is 0.113. The normalized spacial score (nSPS) is 15.8. The van der Waals surface area contributed by atoms with Crippen LogP contribution in [0.15, 0.2) is 65.5 Å². The van der Waals surface area contributed by atoms with Gasteiger partial charge in [-0.25, -0.2) is 9.07 Å². The molecule has 31 heavy (non-hydrogen) atoms. The van der Waals surface area contributed by atoms with Gasteiger partial charge in [0.25, 0.3) is 5.56 Å². The van der Waals surface area contributed by atoms with Crippen LogP contribution in [0.25, 0.3) is 10.9 Å². The number of rotatable bonds is 3. The first kappa shape index (κ1) is 19.5. The number of H-pyrrole nitrogens is 1. The van der Waals surface area contributed by atoms with Gasteiger partial charge in [0.05, 0.1) is 0 Å². The molecule has 1 N–H and O–H groups in total. The molecule has 2 aromatic heterocycles. The summed E-state index contributed by atoms with van der Waals surface area (Å²) in [4.78, 5) is 30.4. The Hall–Kier alpha value is -3.45. The van der Waals surface area contributed by atoms with Crippen LogP contribution in [0.1, 0.15) is 22.9 Å². The Morgan fingerprint density at radius 2 is 1.90 bits per heavy atom. The molecule has 156 valence electrons. The van der Waals surface area contributed by atoms with Gasteiger partial charge in [0, 0.05) is 34.8 Å². The number of para-hydroxylation sites is 1. The molecule has 0 fully saturated rings. The first-order chi connectivity index (χ1) is 15.0. The van der Waals surface area contributed by atoms with E-state index >= 15 is 0 Å². The van der Waals surface area contributed by atoms with Crippen LogP contribution in [0.3, 0.4) is 0 Å². The molecule has 4 aromatic rings. The molecular formula is C23H18ClFN4O2. The highest BCUT2D eigenvalue weighted by molar-refractivity contribution is 6.29. The molecule has 2 aromatic carbocycles. The highest BCUT2D eigenvalue weighted by Crippen LogP contribution is 2.39. The quantitative estimate of drug-likeness (QED) is 0.532. The van der Waals surface area contributed by atoms with Gasteiger partial charge in [-0.1, -0.05) is 48.0 Å². The highest BCUT2D eigenvalue weighted by atomic mass is 35.5. The van der Waals surface area contributed by atoms with Crippen LogP contribution >= 0.6 is 11.6 Å². The standard InChI is InChI=1S/C23H18ClFN4O2/c24-19-9-10-20(30)29(27-19)13-21(31)28-12-11-15-14-5-2-4-8-18(14)26-22(15)23(28)16-6-1-3-7-17(16)25/h1-10,23,26H,11-13H2.